The summed E-state index contributed by atoms with van der Waals surface area (Å²) in [4.78, 5) is 4.42. The van der Waals surface area contributed by atoms with Gasteiger partial charge in [0.05, 0.1) is 6.20 Å². The van der Waals surface area contributed by atoms with Crippen molar-refractivity contribution in [2.24, 2.45) is 7.05 Å². The van der Waals surface area contributed by atoms with Gasteiger partial charge in [-0.05, 0) is 30.0 Å². The van der Waals surface area contributed by atoms with Crippen LogP contribution in [-0.4, -0.2) is 19.9 Å². The molecule has 0 saturated carbocycles. The molecule has 6 nitrogen and oxygen atoms in total. The number of fused-ring (bicyclic) bond motifs is 1. The molecule has 1 aliphatic rings. The van der Waals surface area contributed by atoms with Gasteiger partial charge in [-0.3, -0.25) is 4.68 Å². The third-order valence-corrected chi connectivity index (χ3v) is 4.56. The van der Waals surface area contributed by atoms with E-state index in [0.29, 0.717) is 17.8 Å². The second-order valence-electron chi connectivity index (χ2n) is 6.27. The molecule has 1 N–H and O–H groups in total. The summed E-state index contributed by atoms with van der Waals surface area (Å²) in [5.74, 6) is 1.36. The first-order valence-electron chi connectivity index (χ1n) is 8.39. The highest BCUT2D eigenvalue weighted by Crippen LogP contribution is 2.33. The molecule has 0 aliphatic heterocycles. The van der Waals surface area contributed by atoms with E-state index in [0.717, 1.165) is 31.4 Å². The fraction of sp³-hybridized carbons (Fsp3) is 0.389. The van der Waals surface area contributed by atoms with E-state index in [9.17, 15) is 0 Å². The van der Waals surface area contributed by atoms with Crippen LogP contribution in [0.3, 0.4) is 0 Å². The normalized spacial score (nSPS) is 16.5. The quantitative estimate of drug-likeness (QED) is 0.782. The number of nitrogens with one attached hydrogen (secondary N) is 1. The van der Waals surface area contributed by atoms with Crippen molar-refractivity contribution >= 4 is 0 Å². The molecule has 0 bridgehead atoms. The van der Waals surface area contributed by atoms with Gasteiger partial charge in [-0.15, -0.1) is 0 Å². The fourth-order valence-corrected chi connectivity index (χ4v) is 3.29. The molecule has 0 spiro atoms. The van der Waals surface area contributed by atoms with Gasteiger partial charge in [0.1, 0.15) is 0 Å². The Bertz CT molecular complexity index is 851. The summed E-state index contributed by atoms with van der Waals surface area (Å²) in [6, 6.07) is 6.88. The molecule has 1 atom stereocenters. The van der Waals surface area contributed by atoms with Crippen molar-refractivity contribution in [2.75, 3.05) is 0 Å². The molecule has 0 radical (unpaired) electrons. The molecule has 4 rings (SSSR count). The first kappa shape index (κ1) is 15.1. The first-order valence-corrected chi connectivity index (χ1v) is 8.39. The molecular formula is C18H21N5O. The van der Waals surface area contributed by atoms with Crippen molar-refractivity contribution in [3.63, 3.8) is 0 Å². The summed E-state index contributed by atoms with van der Waals surface area (Å²) in [7, 11) is 1.94. The summed E-state index contributed by atoms with van der Waals surface area (Å²) >= 11 is 0. The maximum atomic E-state index is 5.22. The molecule has 1 aliphatic carbocycles. The smallest absolute Gasteiger partial charge is 0.226 e. The largest absolute Gasteiger partial charge is 0.339 e. The molecule has 1 aromatic carbocycles. The van der Waals surface area contributed by atoms with Crippen LogP contribution in [0.15, 0.2) is 35.1 Å². The van der Waals surface area contributed by atoms with Crippen molar-refractivity contribution in [3.8, 4) is 11.4 Å². The van der Waals surface area contributed by atoms with Crippen LogP contribution >= 0.6 is 0 Å². The summed E-state index contributed by atoms with van der Waals surface area (Å²) in [6.45, 7) is 2.85. The van der Waals surface area contributed by atoms with Gasteiger partial charge in [0.25, 0.3) is 0 Å². The number of benzene rings is 1. The maximum absolute atomic E-state index is 5.22. The SMILES string of the molecule is CCc1nc(-c2ccc3c(c2)CC[C@H]3NCc2cnn(C)c2)no1. The average molecular weight is 323 g/mol. The van der Waals surface area contributed by atoms with Gasteiger partial charge in [-0.1, -0.05) is 24.2 Å². The van der Waals surface area contributed by atoms with Crippen molar-refractivity contribution in [3.05, 3.63) is 53.2 Å². The van der Waals surface area contributed by atoms with E-state index in [1.54, 1.807) is 0 Å². The monoisotopic (exact) mass is 323 g/mol. The summed E-state index contributed by atoms with van der Waals surface area (Å²) < 4.78 is 7.05. The van der Waals surface area contributed by atoms with Gasteiger partial charge in [-0.25, -0.2) is 0 Å². The van der Waals surface area contributed by atoms with Crippen molar-refractivity contribution < 1.29 is 4.52 Å². The minimum absolute atomic E-state index is 0.394. The molecule has 124 valence electrons. The number of rotatable bonds is 5. The fourth-order valence-electron chi connectivity index (χ4n) is 3.29. The van der Waals surface area contributed by atoms with Gasteiger partial charge in [0, 0.05) is 43.4 Å². The number of hydrogen-bond acceptors (Lipinski definition) is 5. The van der Waals surface area contributed by atoms with E-state index in [2.05, 4.69) is 38.8 Å². The predicted molar refractivity (Wildman–Crippen MR) is 90.2 cm³/mol. The molecular weight excluding hydrogens is 302 g/mol. The van der Waals surface area contributed by atoms with E-state index >= 15 is 0 Å². The lowest BCUT2D eigenvalue weighted by molar-refractivity contribution is 0.383. The van der Waals surface area contributed by atoms with Crippen LogP contribution in [0.25, 0.3) is 11.4 Å². The summed E-state index contributed by atoms with van der Waals surface area (Å²) in [5.41, 5.74) is 4.99. The van der Waals surface area contributed by atoms with Crippen LogP contribution < -0.4 is 5.32 Å². The van der Waals surface area contributed by atoms with E-state index in [4.69, 9.17) is 4.52 Å². The van der Waals surface area contributed by atoms with Crippen molar-refractivity contribution in [1.29, 1.82) is 0 Å². The van der Waals surface area contributed by atoms with Crippen LogP contribution in [0.1, 0.15) is 42.0 Å². The zero-order chi connectivity index (χ0) is 16.5. The van der Waals surface area contributed by atoms with E-state index in [-0.39, 0.29) is 0 Å². The highest BCUT2D eigenvalue weighted by Gasteiger charge is 2.23. The van der Waals surface area contributed by atoms with Crippen LogP contribution in [0.4, 0.5) is 0 Å². The summed E-state index contributed by atoms with van der Waals surface area (Å²) in [5, 5.41) is 11.9. The van der Waals surface area contributed by atoms with Crippen molar-refractivity contribution in [1.82, 2.24) is 25.2 Å². The molecule has 3 aromatic rings. The van der Waals surface area contributed by atoms with E-state index < -0.39 is 0 Å². The van der Waals surface area contributed by atoms with Gasteiger partial charge in [0.2, 0.25) is 11.7 Å². The molecule has 0 fully saturated rings. The summed E-state index contributed by atoms with van der Waals surface area (Å²) in [6.07, 6.45) is 6.91. The third-order valence-electron chi connectivity index (χ3n) is 4.56. The van der Waals surface area contributed by atoms with Crippen LogP contribution in [-0.2, 0) is 26.4 Å². The lowest BCUT2D eigenvalue weighted by Crippen LogP contribution is -2.18. The zero-order valence-corrected chi connectivity index (χ0v) is 14.0. The predicted octanol–water partition coefficient (Wildman–Crippen LogP) is 2.81. The Kier molecular flexibility index (Phi) is 3.90. The molecule has 0 saturated heterocycles. The van der Waals surface area contributed by atoms with Crippen LogP contribution in [0.5, 0.6) is 0 Å². The number of aromatic nitrogens is 4. The third kappa shape index (κ3) is 2.85. The van der Waals surface area contributed by atoms with Crippen LogP contribution in [0, 0.1) is 0 Å². The topological polar surface area (TPSA) is 68.8 Å². The number of nitrogens with zero attached hydrogens (tertiary/aromatic N) is 4. The standard InChI is InChI=1S/C18H21N5O/c1-3-17-21-18(22-24-17)14-4-6-15-13(8-14)5-7-16(15)19-9-12-10-20-23(2)11-12/h4,6,8,10-11,16,19H,3,5,7,9H2,1-2H3/t16-/m1/s1. The number of aryl methyl sites for hydroxylation is 3. The minimum atomic E-state index is 0.394. The number of hydrogen-bond donors (Lipinski definition) is 1. The Hall–Kier alpha value is -2.47. The zero-order valence-electron chi connectivity index (χ0n) is 14.0. The molecule has 6 heteroatoms. The molecule has 24 heavy (non-hydrogen) atoms. The van der Waals surface area contributed by atoms with Gasteiger partial charge < -0.3 is 9.84 Å². The Morgan fingerprint density at radius 3 is 3.04 bits per heavy atom. The van der Waals surface area contributed by atoms with Crippen LogP contribution in [0.2, 0.25) is 0 Å². The van der Waals surface area contributed by atoms with Gasteiger partial charge in [0.15, 0.2) is 0 Å². The molecule has 2 heterocycles. The molecule has 2 aromatic heterocycles. The Morgan fingerprint density at radius 2 is 2.29 bits per heavy atom. The molecule has 0 unspecified atom stereocenters. The van der Waals surface area contributed by atoms with Gasteiger partial charge >= 0.3 is 0 Å². The van der Waals surface area contributed by atoms with E-state index in [1.807, 2.05) is 31.0 Å². The average Bonchev–Trinajstić information content (AvgIpc) is 3.31. The second kappa shape index (κ2) is 6.20. The Morgan fingerprint density at radius 1 is 1.38 bits per heavy atom. The maximum Gasteiger partial charge on any atom is 0.226 e. The first-order chi connectivity index (χ1) is 11.7. The minimum Gasteiger partial charge on any atom is -0.339 e. The highest BCUT2D eigenvalue weighted by molar-refractivity contribution is 5.58. The lowest BCUT2D eigenvalue weighted by Gasteiger charge is -2.13. The second-order valence-corrected chi connectivity index (χ2v) is 6.27. The lowest BCUT2D eigenvalue weighted by atomic mass is 10.0. The Labute approximate surface area is 140 Å². The van der Waals surface area contributed by atoms with Crippen molar-refractivity contribution in [2.45, 2.75) is 38.8 Å². The van der Waals surface area contributed by atoms with Gasteiger partial charge in [-0.2, -0.15) is 10.1 Å². The Balaban J connectivity index is 1.49. The van der Waals surface area contributed by atoms with E-state index in [1.165, 1.54) is 16.7 Å². The molecule has 0 amide bonds. The highest BCUT2D eigenvalue weighted by atomic mass is 16.5.